The van der Waals surface area contributed by atoms with Crippen LogP contribution in [0.1, 0.15) is 59.3 Å². The minimum Gasteiger partial charge on any atom is -0.265 e. The van der Waals surface area contributed by atoms with Gasteiger partial charge in [-0.2, -0.15) is 0 Å². The van der Waals surface area contributed by atoms with Crippen LogP contribution in [-0.2, 0) is 0 Å². The summed E-state index contributed by atoms with van der Waals surface area (Å²) < 4.78 is 0. The Morgan fingerprint density at radius 2 is 1.76 bits per heavy atom. The zero-order valence-corrected chi connectivity index (χ0v) is 11.8. The van der Waals surface area contributed by atoms with Gasteiger partial charge in [-0.3, -0.25) is 4.99 Å². The van der Waals surface area contributed by atoms with Crippen LogP contribution in [0.15, 0.2) is 40.6 Å². The van der Waals surface area contributed by atoms with E-state index in [0.29, 0.717) is 0 Å². The molecule has 17 heavy (non-hydrogen) atoms. The molecule has 0 fully saturated rings. The zero-order valence-electron chi connectivity index (χ0n) is 11.8. The quantitative estimate of drug-likeness (QED) is 0.217. The fraction of sp³-hybridized carbons (Fsp3) is 0.562. The van der Waals surface area contributed by atoms with Gasteiger partial charge in [0.2, 0.25) is 0 Å². The van der Waals surface area contributed by atoms with Crippen LogP contribution in [0.2, 0.25) is 0 Å². The lowest BCUT2D eigenvalue weighted by Gasteiger charge is -2.09. The Morgan fingerprint density at radius 1 is 1.06 bits per heavy atom. The van der Waals surface area contributed by atoms with Gasteiger partial charge in [-0.25, -0.2) is 0 Å². The summed E-state index contributed by atoms with van der Waals surface area (Å²) in [6, 6.07) is 0. The summed E-state index contributed by atoms with van der Waals surface area (Å²) in [7, 11) is 0. The van der Waals surface area contributed by atoms with Crippen LogP contribution in [0.5, 0.6) is 0 Å². The first-order chi connectivity index (χ1) is 8.19. The number of allylic oxidation sites excluding steroid dienone is 4. The van der Waals surface area contributed by atoms with Crippen LogP contribution in [-0.4, -0.2) is 6.72 Å². The van der Waals surface area contributed by atoms with Crippen molar-refractivity contribution in [1.82, 2.24) is 0 Å². The average molecular weight is 233 g/mol. The minimum atomic E-state index is 0.816. The summed E-state index contributed by atoms with van der Waals surface area (Å²) in [4.78, 5) is 3.91. The molecule has 0 rings (SSSR count). The fourth-order valence-electron chi connectivity index (χ4n) is 1.87. The van der Waals surface area contributed by atoms with Crippen molar-refractivity contribution >= 4 is 6.72 Å². The number of unbranched alkanes of at least 4 members (excludes halogenated alkanes) is 2. The first kappa shape index (κ1) is 15.9. The molecule has 0 aliphatic rings. The van der Waals surface area contributed by atoms with Crippen LogP contribution in [0.4, 0.5) is 0 Å². The largest absolute Gasteiger partial charge is 0.265 e. The van der Waals surface area contributed by atoms with Gasteiger partial charge in [-0.15, -0.1) is 0 Å². The molecule has 0 saturated carbocycles. The molecule has 0 heterocycles. The SMILES string of the molecule is C=NC(=C)/C(=C/C)CC/C(=C\C)CCCCC. The summed E-state index contributed by atoms with van der Waals surface area (Å²) in [6.07, 6.45) is 11.7. The monoisotopic (exact) mass is 233 g/mol. The van der Waals surface area contributed by atoms with Gasteiger partial charge < -0.3 is 0 Å². The van der Waals surface area contributed by atoms with Crippen molar-refractivity contribution in [1.29, 1.82) is 0 Å². The molecule has 1 nitrogen and oxygen atoms in total. The van der Waals surface area contributed by atoms with Gasteiger partial charge in [0.25, 0.3) is 0 Å². The highest BCUT2D eigenvalue weighted by atomic mass is 14.7. The molecule has 0 aromatic rings. The van der Waals surface area contributed by atoms with E-state index in [1.165, 1.54) is 31.3 Å². The van der Waals surface area contributed by atoms with E-state index in [1.807, 2.05) is 6.92 Å². The first-order valence-electron chi connectivity index (χ1n) is 6.64. The van der Waals surface area contributed by atoms with Gasteiger partial charge in [0.1, 0.15) is 0 Å². The molecule has 0 aromatic heterocycles. The highest BCUT2D eigenvalue weighted by Crippen LogP contribution is 2.21. The van der Waals surface area contributed by atoms with Gasteiger partial charge in [-0.05, 0) is 51.8 Å². The van der Waals surface area contributed by atoms with Crippen LogP contribution >= 0.6 is 0 Å². The molecule has 0 aromatic carbocycles. The van der Waals surface area contributed by atoms with Crippen molar-refractivity contribution in [3.63, 3.8) is 0 Å². The molecule has 0 amide bonds. The molecule has 0 bridgehead atoms. The summed E-state index contributed by atoms with van der Waals surface area (Å²) in [6.45, 7) is 13.9. The van der Waals surface area contributed by atoms with E-state index in [1.54, 1.807) is 5.57 Å². The summed E-state index contributed by atoms with van der Waals surface area (Å²) in [5.41, 5.74) is 3.58. The van der Waals surface area contributed by atoms with Crippen molar-refractivity contribution in [2.75, 3.05) is 0 Å². The Morgan fingerprint density at radius 3 is 2.24 bits per heavy atom. The standard InChI is InChI=1S/C16H27N/c1-6-9-10-11-15(7-2)12-13-16(8-3)14(4)17-5/h7-8H,4-6,9-13H2,1-3H3/b15-7-,16-8+. The van der Waals surface area contributed by atoms with Gasteiger partial charge >= 0.3 is 0 Å². The third-order valence-corrected chi connectivity index (χ3v) is 3.14. The lowest BCUT2D eigenvalue weighted by Crippen LogP contribution is -1.90. The Kier molecular flexibility index (Phi) is 9.41. The van der Waals surface area contributed by atoms with E-state index in [-0.39, 0.29) is 0 Å². The minimum absolute atomic E-state index is 0.816. The molecule has 0 saturated heterocycles. The number of aliphatic imine (C=N–C) groups is 1. The summed E-state index contributed by atoms with van der Waals surface area (Å²) in [5.74, 6) is 0. The van der Waals surface area contributed by atoms with Crippen LogP contribution < -0.4 is 0 Å². The second-order valence-corrected chi connectivity index (χ2v) is 4.32. The Labute approximate surface area is 107 Å². The summed E-state index contributed by atoms with van der Waals surface area (Å²) in [5, 5.41) is 0. The van der Waals surface area contributed by atoms with Crippen LogP contribution in [0.25, 0.3) is 0 Å². The highest BCUT2D eigenvalue weighted by molar-refractivity contribution is 5.37. The van der Waals surface area contributed by atoms with Crippen molar-refractivity contribution < 1.29 is 0 Å². The summed E-state index contributed by atoms with van der Waals surface area (Å²) >= 11 is 0. The fourth-order valence-corrected chi connectivity index (χ4v) is 1.87. The van der Waals surface area contributed by atoms with E-state index in [4.69, 9.17) is 0 Å². The maximum absolute atomic E-state index is 3.91. The molecule has 96 valence electrons. The van der Waals surface area contributed by atoms with Gasteiger partial charge in [0.05, 0.1) is 5.70 Å². The first-order valence-corrected chi connectivity index (χ1v) is 6.64. The van der Waals surface area contributed by atoms with E-state index in [2.05, 4.69) is 44.3 Å². The zero-order chi connectivity index (χ0) is 13.1. The van der Waals surface area contributed by atoms with Crippen molar-refractivity contribution in [3.8, 4) is 0 Å². The van der Waals surface area contributed by atoms with Crippen molar-refractivity contribution in [2.24, 2.45) is 4.99 Å². The maximum atomic E-state index is 3.91. The number of nitrogens with zero attached hydrogens (tertiary/aromatic N) is 1. The second-order valence-electron chi connectivity index (χ2n) is 4.32. The Hall–Kier alpha value is -1.11. The van der Waals surface area contributed by atoms with Crippen molar-refractivity contribution in [3.05, 3.63) is 35.6 Å². The van der Waals surface area contributed by atoms with Crippen molar-refractivity contribution in [2.45, 2.75) is 59.3 Å². The molecule has 0 aliphatic carbocycles. The molecule has 0 atom stereocenters. The molecular formula is C16H27N. The predicted molar refractivity (Wildman–Crippen MR) is 79.6 cm³/mol. The van der Waals surface area contributed by atoms with Crippen LogP contribution in [0, 0.1) is 0 Å². The Bertz CT molecular complexity index is 295. The third kappa shape index (κ3) is 6.93. The lowest BCUT2D eigenvalue weighted by atomic mass is 9.98. The molecule has 0 aliphatic heterocycles. The van der Waals surface area contributed by atoms with E-state index >= 15 is 0 Å². The lowest BCUT2D eigenvalue weighted by molar-refractivity contribution is 0.693. The number of hydrogen-bond acceptors (Lipinski definition) is 1. The highest BCUT2D eigenvalue weighted by Gasteiger charge is 2.02. The maximum Gasteiger partial charge on any atom is 0.0579 e. The Balaban J connectivity index is 4.14. The molecule has 0 spiro atoms. The molecule has 1 heteroatoms. The molecule has 0 unspecified atom stereocenters. The van der Waals surface area contributed by atoms with Gasteiger partial charge in [-0.1, -0.05) is 44.1 Å². The predicted octanol–water partition coefficient (Wildman–Crippen LogP) is 5.45. The number of hydrogen-bond donors (Lipinski definition) is 0. The topological polar surface area (TPSA) is 12.4 Å². The van der Waals surface area contributed by atoms with E-state index in [9.17, 15) is 0 Å². The number of rotatable bonds is 9. The normalized spacial score (nSPS) is 12.6. The second kappa shape index (κ2) is 10.1. The molecular weight excluding hydrogens is 206 g/mol. The van der Waals surface area contributed by atoms with Gasteiger partial charge in [0.15, 0.2) is 0 Å². The van der Waals surface area contributed by atoms with E-state index < -0.39 is 0 Å². The van der Waals surface area contributed by atoms with Crippen LogP contribution in [0.3, 0.4) is 0 Å². The van der Waals surface area contributed by atoms with Gasteiger partial charge in [0, 0.05) is 0 Å². The average Bonchev–Trinajstić information content (AvgIpc) is 2.36. The third-order valence-electron chi connectivity index (χ3n) is 3.14. The van der Waals surface area contributed by atoms with E-state index in [0.717, 1.165) is 18.5 Å². The molecule has 0 N–H and O–H groups in total. The smallest absolute Gasteiger partial charge is 0.0579 e. The molecule has 0 radical (unpaired) electrons.